The fourth-order valence-electron chi connectivity index (χ4n) is 3.17. The van der Waals surface area contributed by atoms with Gasteiger partial charge in [0.25, 0.3) is 0 Å². The molecule has 2 heterocycles. The molecular formula is C14H20ClN3O3S. The molecule has 2 unspecified atom stereocenters. The van der Waals surface area contributed by atoms with Crippen molar-refractivity contribution in [3.63, 3.8) is 0 Å². The van der Waals surface area contributed by atoms with Gasteiger partial charge in [-0.05, 0) is 49.6 Å². The predicted octanol–water partition coefficient (Wildman–Crippen LogP) is 0.580. The number of carbonyl (C=O) groups excluding carboxylic acids is 1. The summed E-state index contributed by atoms with van der Waals surface area (Å²) in [6.45, 7) is 2.07. The molecule has 2 aliphatic heterocycles. The van der Waals surface area contributed by atoms with Crippen molar-refractivity contribution in [1.82, 2.24) is 9.62 Å². The Kier molecular flexibility index (Phi) is 5.11. The van der Waals surface area contributed by atoms with Crippen molar-refractivity contribution in [1.29, 1.82) is 0 Å². The number of nitrogens with zero attached hydrogens (tertiary/aromatic N) is 1. The SMILES string of the molecule is Cl.NC(=O)c1ccc(S(=O)(=O)N2CCC3NCCC3C2)cc1. The molecule has 0 saturated carbocycles. The second kappa shape index (κ2) is 6.54. The molecule has 6 nitrogen and oxygen atoms in total. The van der Waals surface area contributed by atoms with Crippen LogP contribution in [0, 0.1) is 5.92 Å². The van der Waals surface area contributed by atoms with E-state index >= 15 is 0 Å². The number of amides is 1. The number of sulfonamides is 1. The number of benzene rings is 1. The maximum Gasteiger partial charge on any atom is 0.248 e. The van der Waals surface area contributed by atoms with E-state index in [1.54, 1.807) is 4.31 Å². The lowest BCUT2D eigenvalue weighted by Crippen LogP contribution is -2.46. The zero-order valence-electron chi connectivity index (χ0n) is 12.1. The Morgan fingerprint density at radius 3 is 2.55 bits per heavy atom. The van der Waals surface area contributed by atoms with Gasteiger partial charge in [-0.15, -0.1) is 12.4 Å². The van der Waals surface area contributed by atoms with Crippen molar-refractivity contribution in [3.8, 4) is 0 Å². The third-order valence-electron chi connectivity index (χ3n) is 4.39. The zero-order valence-corrected chi connectivity index (χ0v) is 13.7. The van der Waals surface area contributed by atoms with Gasteiger partial charge in [0.1, 0.15) is 0 Å². The minimum atomic E-state index is -3.49. The van der Waals surface area contributed by atoms with Gasteiger partial charge in [0.2, 0.25) is 15.9 Å². The van der Waals surface area contributed by atoms with Gasteiger partial charge in [-0.3, -0.25) is 4.79 Å². The monoisotopic (exact) mass is 345 g/mol. The van der Waals surface area contributed by atoms with E-state index in [0.717, 1.165) is 19.4 Å². The summed E-state index contributed by atoms with van der Waals surface area (Å²) < 4.78 is 26.8. The van der Waals surface area contributed by atoms with E-state index in [4.69, 9.17) is 5.73 Å². The van der Waals surface area contributed by atoms with Gasteiger partial charge in [-0.1, -0.05) is 0 Å². The molecule has 1 amide bonds. The van der Waals surface area contributed by atoms with E-state index in [9.17, 15) is 13.2 Å². The summed E-state index contributed by atoms with van der Waals surface area (Å²) in [5, 5.41) is 3.42. The van der Waals surface area contributed by atoms with Crippen LogP contribution in [0.4, 0.5) is 0 Å². The van der Waals surface area contributed by atoms with Crippen molar-refractivity contribution in [3.05, 3.63) is 29.8 Å². The highest BCUT2D eigenvalue weighted by Gasteiger charge is 2.37. The highest BCUT2D eigenvalue weighted by molar-refractivity contribution is 7.89. The number of nitrogens with one attached hydrogen (secondary N) is 1. The molecule has 3 rings (SSSR count). The first kappa shape index (κ1) is 17.2. The normalized spacial score (nSPS) is 25.3. The molecule has 0 radical (unpaired) electrons. The molecule has 2 atom stereocenters. The van der Waals surface area contributed by atoms with Gasteiger partial charge in [-0.25, -0.2) is 8.42 Å². The van der Waals surface area contributed by atoms with Crippen molar-refractivity contribution in [2.75, 3.05) is 19.6 Å². The van der Waals surface area contributed by atoms with Gasteiger partial charge >= 0.3 is 0 Å². The number of carbonyl (C=O) groups is 1. The third kappa shape index (κ3) is 3.12. The second-order valence-electron chi connectivity index (χ2n) is 5.65. The molecule has 0 bridgehead atoms. The summed E-state index contributed by atoms with van der Waals surface area (Å²) in [5.74, 6) is -0.157. The second-order valence-corrected chi connectivity index (χ2v) is 7.59. The van der Waals surface area contributed by atoms with E-state index in [-0.39, 0.29) is 17.3 Å². The van der Waals surface area contributed by atoms with Crippen LogP contribution in [-0.4, -0.2) is 44.3 Å². The Morgan fingerprint density at radius 2 is 1.91 bits per heavy atom. The lowest BCUT2D eigenvalue weighted by Gasteiger charge is -2.34. The molecule has 8 heteroatoms. The summed E-state index contributed by atoms with van der Waals surface area (Å²) in [4.78, 5) is 11.3. The summed E-state index contributed by atoms with van der Waals surface area (Å²) >= 11 is 0. The largest absolute Gasteiger partial charge is 0.366 e. The molecule has 1 aromatic carbocycles. The van der Waals surface area contributed by atoms with Crippen molar-refractivity contribution >= 4 is 28.3 Å². The number of nitrogens with two attached hydrogens (primary N) is 1. The Morgan fingerprint density at radius 1 is 1.23 bits per heavy atom. The Bertz CT molecular complexity index is 648. The van der Waals surface area contributed by atoms with E-state index in [1.807, 2.05) is 0 Å². The van der Waals surface area contributed by atoms with Crippen LogP contribution in [0.3, 0.4) is 0 Å². The minimum absolute atomic E-state index is 0. The smallest absolute Gasteiger partial charge is 0.248 e. The van der Waals surface area contributed by atoms with Gasteiger partial charge in [-0.2, -0.15) is 4.31 Å². The fourth-order valence-corrected chi connectivity index (χ4v) is 4.68. The van der Waals surface area contributed by atoms with E-state index in [1.165, 1.54) is 24.3 Å². The van der Waals surface area contributed by atoms with Crippen LogP contribution in [0.5, 0.6) is 0 Å². The molecular weight excluding hydrogens is 326 g/mol. The van der Waals surface area contributed by atoms with Gasteiger partial charge in [0.05, 0.1) is 4.90 Å². The fraction of sp³-hybridized carbons (Fsp3) is 0.500. The van der Waals surface area contributed by atoms with Gasteiger partial charge < -0.3 is 11.1 Å². The molecule has 0 aromatic heterocycles. The van der Waals surface area contributed by atoms with E-state index in [2.05, 4.69) is 5.32 Å². The third-order valence-corrected chi connectivity index (χ3v) is 6.27. The average Bonchev–Trinajstić information content (AvgIpc) is 2.94. The standard InChI is InChI=1S/C14H19N3O3S.ClH/c15-14(18)10-1-3-12(4-2-10)21(19,20)17-8-6-13-11(9-17)5-7-16-13;/h1-4,11,13,16H,5-9H2,(H2,15,18);1H. The summed E-state index contributed by atoms with van der Waals surface area (Å²) in [5.41, 5.74) is 5.48. The summed E-state index contributed by atoms with van der Waals surface area (Å²) in [6, 6.07) is 6.27. The van der Waals surface area contributed by atoms with Crippen LogP contribution in [-0.2, 0) is 10.0 Å². The Labute approximate surface area is 136 Å². The first-order valence-corrected chi connectivity index (χ1v) is 8.56. The molecule has 122 valence electrons. The molecule has 2 saturated heterocycles. The topological polar surface area (TPSA) is 92.5 Å². The van der Waals surface area contributed by atoms with Crippen LogP contribution in [0.2, 0.25) is 0 Å². The molecule has 2 aliphatic rings. The van der Waals surface area contributed by atoms with Crippen LogP contribution in [0.25, 0.3) is 0 Å². The van der Waals surface area contributed by atoms with Gasteiger partial charge in [0.15, 0.2) is 0 Å². The molecule has 2 fully saturated rings. The number of piperidine rings is 1. The van der Waals surface area contributed by atoms with Crippen molar-refractivity contribution in [2.45, 2.75) is 23.8 Å². The zero-order chi connectivity index (χ0) is 15.0. The average molecular weight is 346 g/mol. The number of rotatable bonds is 3. The maximum atomic E-state index is 12.6. The van der Waals surface area contributed by atoms with Gasteiger partial charge in [0, 0.05) is 24.7 Å². The predicted molar refractivity (Wildman–Crippen MR) is 85.5 cm³/mol. The number of halogens is 1. The van der Waals surface area contributed by atoms with E-state index in [0.29, 0.717) is 30.6 Å². The van der Waals surface area contributed by atoms with Crippen LogP contribution >= 0.6 is 12.4 Å². The first-order valence-electron chi connectivity index (χ1n) is 7.12. The number of primary amides is 1. The highest BCUT2D eigenvalue weighted by Crippen LogP contribution is 2.28. The number of hydrogen-bond donors (Lipinski definition) is 2. The summed E-state index contributed by atoms with van der Waals surface area (Å²) in [6.07, 6.45) is 1.88. The number of fused-ring (bicyclic) bond motifs is 1. The van der Waals surface area contributed by atoms with E-state index < -0.39 is 15.9 Å². The Balaban J connectivity index is 0.00000176. The Hall–Kier alpha value is -1.15. The molecule has 1 aromatic rings. The maximum absolute atomic E-state index is 12.6. The first-order chi connectivity index (χ1) is 9.98. The summed E-state index contributed by atoms with van der Waals surface area (Å²) in [7, 11) is -3.49. The lowest BCUT2D eigenvalue weighted by molar-refractivity contribution is 0.1000. The van der Waals surface area contributed by atoms with Crippen LogP contribution in [0.15, 0.2) is 29.2 Å². The minimum Gasteiger partial charge on any atom is -0.366 e. The number of hydrogen-bond acceptors (Lipinski definition) is 4. The molecule has 0 spiro atoms. The van der Waals surface area contributed by atoms with Crippen LogP contribution < -0.4 is 11.1 Å². The highest BCUT2D eigenvalue weighted by atomic mass is 35.5. The van der Waals surface area contributed by atoms with Crippen molar-refractivity contribution < 1.29 is 13.2 Å². The quantitative estimate of drug-likeness (QED) is 0.838. The molecule has 0 aliphatic carbocycles. The molecule has 3 N–H and O–H groups in total. The van der Waals surface area contributed by atoms with Crippen molar-refractivity contribution in [2.24, 2.45) is 11.7 Å². The molecule has 22 heavy (non-hydrogen) atoms. The van der Waals surface area contributed by atoms with Crippen LogP contribution in [0.1, 0.15) is 23.2 Å². The lowest BCUT2D eigenvalue weighted by atomic mass is 9.95.